The lowest BCUT2D eigenvalue weighted by atomic mass is 9.99. The summed E-state index contributed by atoms with van der Waals surface area (Å²) in [5, 5.41) is 3.59. The van der Waals surface area contributed by atoms with E-state index in [-0.39, 0.29) is 0 Å². The van der Waals surface area contributed by atoms with Crippen LogP contribution in [0, 0.1) is 0 Å². The Morgan fingerprint density at radius 2 is 1.82 bits per heavy atom. The second-order valence-corrected chi connectivity index (χ2v) is 6.46. The Hall–Kier alpha value is -0.0600. The zero-order chi connectivity index (χ0) is 12.4. The lowest BCUT2D eigenvalue weighted by Crippen LogP contribution is -2.36. The summed E-state index contributed by atoms with van der Waals surface area (Å²) < 4.78 is 7.95. The predicted octanol–water partition coefficient (Wildman–Crippen LogP) is 4.58. The first-order valence-electron chi connectivity index (χ1n) is 5.91. The van der Waals surface area contributed by atoms with Crippen LogP contribution in [0.3, 0.4) is 0 Å². The fraction of sp³-hybridized carbons (Fsp3) is 0.538. The molecule has 0 spiro atoms. The molecule has 0 aromatic heterocycles. The van der Waals surface area contributed by atoms with Gasteiger partial charge in [0, 0.05) is 20.7 Å². The lowest BCUT2D eigenvalue weighted by molar-refractivity contribution is -0.0337. The molecule has 1 aliphatic rings. The van der Waals surface area contributed by atoms with Crippen LogP contribution in [0.5, 0.6) is 0 Å². The van der Waals surface area contributed by atoms with Crippen LogP contribution >= 0.6 is 31.9 Å². The molecule has 17 heavy (non-hydrogen) atoms. The van der Waals surface area contributed by atoms with Crippen LogP contribution < -0.4 is 5.32 Å². The maximum atomic E-state index is 5.75. The molecule has 2 atom stereocenters. The molecule has 94 valence electrons. The third-order valence-corrected chi connectivity index (χ3v) is 4.17. The molecule has 0 radical (unpaired) electrons. The van der Waals surface area contributed by atoms with E-state index in [0.717, 1.165) is 27.5 Å². The van der Waals surface area contributed by atoms with Gasteiger partial charge >= 0.3 is 0 Å². The van der Waals surface area contributed by atoms with Crippen molar-refractivity contribution in [2.75, 3.05) is 5.32 Å². The maximum absolute atomic E-state index is 5.75. The van der Waals surface area contributed by atoms with Crippen molar-refractivity contribution in [3.8, 4) is 0 Å². The third kappa shape index (κ3) is 3.70. The van der Waals surface area contributed by atoms with Gasteiger partial charge in [0.1, 0.15) is 0 Å². The highest BCUT2D eigenvalue weighted by Crippen LogP contribution is 2.29. The Morgan fingerprint density at radius 3 is 2.47 bits per heavy atom. The van der Waals surface area contributed by atoms with Gasteiger partial charge in [0.2, 0.25) is 0 Å². The van der Waals surface area contributed by atoms with E-state index in [1.54, 1.807) is 0 Å². The van der Waals surface area contributed by atoms with Gasteiger partial charge in [-0.25, -0.2) is 0 Å². The van der Waals surface area contributed by atoms with Crippen molar-refractivity contribution in [2.24, 2.45) is 0 Å². The monoisotopic (exact) mass is 361 g/mol. The molecule has 1 aromatic carbocycles. The largest absolute Gasteiger partial charge is 0.381 e. The highest BCUT2D eigenvalue weighted by Gasteiger charge is 2.24. The quantitative estimate of drug-likeness (QED) is 0.831. The number of rotatable bonds is 2. The normalized spacial score (nSPS) is 29.1. The van der Waals surface area contributed by atoms with Gasteiger partial charge in [-0.05, 0) is 60.8 Å². The number of anilines is 1. The lowest BCUT2D eigenvalue weighted by Gasteiger charge is -2.33. The summed E-state index contributed by atoms with van der Waals surface area (Å²) in [5.74, 6) is 0. The first kappa shape index (κ1) is 13.4. The number of halogens is 2. The Labute approximate surface area is 119 Å². The van der Waals surface area contributed by atoms with Crippen LogP contribution in [0.15, 0.2) is 27.1 Å². The van der Waals surface area contributed by atoms with E-state index < -0.39 is 0 Å². The summed E-state index contributed by atoms with van der Waals surface area (Å²) in [6, 6.07) is 6.68. The van der Waals surface area contributed by atoms with Gasteiger partial charge in [0.25, 0.3) is 0 Å². The minimum atomic E-state index is 0.335. The average molecular weight is 363 g/mol. The fourth-order valence-corrected chi connectivity index (χ4v) is 3.07. The van der Waals surface area contributed by atoms with Crippen LogP contribution in [0.2, 0.25) is 0 Å². The summed E-state index contributed by atoms with van der Waals surface area (Å²) in [7, 11) is 0. The minimum Gasteiger partial charge on any atom is -0.381 e. The molecule has 1 saturated heterocycles. The van der Waals surface area contributed by atoms with Crippen LogP contribution in [-0.4, -0.2) is 18.2 Å². The Morgan fingerprint density at radius 1 is 1.18 bits per heavy atom. The summed E-state index contributed by atoms with van der Waals surface area (Å²) in [6.07, 6.45) is 2.79. The van der Waals surface area contributed by atoms with E-state index in [4.69, 9.17) is 4.74 Å². The van der Waals surface area contributed by atoms with Gasteiger partial charge in [-0.3, -0.25) is 0 Å². The molecular formula is C13H17Br2NO. The number of benzene rings is 1. The molecule has 2 unspecified atom stereocenters. The first-order chi connectivity index (χ1) is 8.04. The highest BCUT2D eigenvalue weighted by molar-refractivity contribution is 9.11. The third-order valence-electron chi connectivity index (χ3n) is 2.99. The van der Waals surface area contributed by atoms with Crippen LogP contribution in [0.1, 0.15) is 26.7 Å². The molecule has 0 amide bonds. The highest BCUT2D eigenvalue weighted by atomic mass is 79.9. The molecule has 0 aliphatic carbocycles. The van der Waals surface area contributed by atoms with E-state index in [1.165, 1.54) is 0 Å². The molecule has 0 saturated carbocycles. The Balaban J connectivity index is 2.07. The SMILES string of the molecule is CC1CC(Nc2cc(Br)ccc2Br)CC(C)O1. The van der Waals surface area contributed by atoms with E-state index in [2.05, 4.69) is 63.2 Å². The van der Waals surface area contributed by atoms with E-state index in [1.807, 2.05) is 6.07 Å². The molecular weight excluding hydrogens is 346 g/mol. The molecule has 1 heterocycles. The predicted molar refractivity (Wildman–Crippen MR) is 78.5 cm³/mol. The van der Waals surface area contributed by atoms with E-state index in [0.29, 0.717) is 18.2 Å². The number of hydrogen-bond acceptors (Lipinski definition) is 2. The first-order valence-corrected chi connectivity index (χ1v) is 7.50. The fourth-order valence-electron chi connectivity index (χ4n) is 2.35. The van der Waals surface area contributed by atoms with Crippen LogP contribution in [-0.2, 0) is 4.74 Å². The summed E-state index contributed by atoms with van der Waals surface area (Å²) >= 11 is 7.07. The van der Waals surface area contributed by atoms with Gasteiger partial charge in [-0.15, -0.1) is 0 Å². The zero-order valence-electron chi connectivity index (χ0n) is 10.0. The second-order valence-electron chi connectivity index (χ2n) is 4.69. The van der Waals surface area contributed by atoms with Crippen molar-refractivity contribution >= 4 is 37.5 Å². The zero-order valence-corrected chi connectivity index (χ0v) is 13.2. The van der Waals surface area contributed by atoms with Gasteiger partial charge < -0.3 is 10.1 Å². The molecule has 1 aromatic rings. The van der Waals surface area contributed by atoms with Crippen molar-refractivity contribution in [3.05, 3.63) is 27.1 Å². The summed E-state index contributed by atoms with van der Waals surface area (Å²) in [5.41, 5.74) is 1.14. The standard InChI is InChI=1S/C13H17Br2NO/c1-8-5-11(6-9(2)17-8)16-13-7-10(14)3-4-12(13)15/h3-4,7-9,11,16H,5-6H2,1-2H3. The minimum absolute atomic E-state index is 0.335. The van der Waals surface area contributed by atoms with Gasteiger partial charge in [0.05, 0.1) is 12.2 Å². The van der Waals surface area contributed by atoms with Crippen molar-refractivity contribution in [3.63, 3.8) is 0 Å². The Kier molecular flexibility index (Phi) is 4.50. The summed E-state index contributed by atoms with van der Waals surface area (Å²) in [4.78, 5) is 0. The molecule has 1 fully saturated rings. The van der Waals surface area contributed by atoms with Crippen molar-refractivity contribution in [2.45, 2.75) is 44.9 Å². The Bertz CT molecular complexity index is 387. The van der Waals surface area contributed by atoms with Crippen molar-refractivity contribution < 1.29 is 4.74 Å². The van der Waals surface area contributed by atoms with Gasteiger partial charge in [-0.2, -0.15) is 0 Å². The number of ether oxygens (including phenoxy) is 1. The van der Waals surface area contributed by atoms with Gasteiger partial charge in [-0.1, -0.05) is 15.9 Å². The molecule has 2 nitrogen and oxygen atoms in total. The topological polar surface area (TPSA) is 21.3 Å². The molecule has 1 N–H and O–H groups in total. The van der Waals surface area contributed by atoms with Crippen LogP contribution in [0.4, 0.5) is 5.69 Å². The number of hydrogen-bond donors (Lipinski definition) is 1. The smallest absolute Gasteiger partial charge is 0.0570 e. The molecule has 4 heteroatoms. The van der Waals surface area contributed by atoms with E-state index >= 15 is 0 Å². The molecule has 2 rings (SSSR count). The second kappa shape index (κ2) is 5.72. The maximum Gasteiger partial charge on any atom is 0.0570 e. The van der Waals surface area contributed by atoms with Crippen molar-refractivity contribution in [1.82, 2.24) is 0 Å². The van der Waals surface area contributed by atoms with Gasteiger partial charge in [0.15, 0.2) is 0 Å². The average Bonchev–Trinajstić information content (AvgIpc) is 2.22. The van der Waals surface area contributed by atoms with Crippen LogP contribution in [0.25, 0.3) is 0 Å². The van der Waals surface area contributed by atoms with Crippen molar-refractivity contribution in [1.29, 1.82) is 0 Å². The molecule has 0 bridgehead atoms. The number of nitrogens with one attached hydrogen (secondary N) is 1. The van der Waals surface area contributed by atoms with E-state index in [9.17, 15) is 0 Å². The molecule has 1 aliphatic heterocycles. The summed E-state index contributed by atoms with van der Waals surface area (Å²) in [6.45, 7) is 4.28.